The van der Waals surface area contributed by atoms with Crippen molar-refractivity contribution in [3.05, 3.63) is 30.1 Å². The maximum absolute atomic E-state index is 11.1. The molecule has 4 N–H and O–H groups in total. The van der Waals surface area contributed by atoms with Crippen LogP contribution in [0.2, 0.25) is 0 Å². The van der Waals surface area contributed by atoms with E-state index < -0.39 is 12.0 Å². The van der Waals surface area contributed by atoms with Gasteiger partial charge in [0.15, 0.2) is 6.04 Å². The number of aromatic nitrogens is 1. The predicted octanol–water partition coefficient (Wildman–Crippen LogP) is -0.264. The van der Waals surface area contributed by atoms with Crippen LogP contribution in [0.3, 0.4) is 0 Å². The molecule has 0 saturated heterocycles. The number of carbonyl (C=O) groups is 1. The van der Waals surface area contributed by atoms with Crippen LogP contribution in [0.4, 0.5) is 0 Å². The highest BCUT2D eigenvalue weighted by Gasteiger charge is 2.19. The molecule has 0 unspecified atom stereocenters. The van der Waals surface area contributed by atoms with Gasteiger partial charge in [0.2, 0.25) is 0 Å². The zero-order valence-corrected chi connectivity index (χ0v) is 7.91. The average Bonchev–Trinajstić information content (AvgIpc) is 2.29. The van der Waals surface area contributed by atoms with Crippen molar-refractivity contribution >= 4 is 5.97 Å². The Bertz CT molecular complexity index is 340. The second kappa shape index (κ2) is 5.66. The predicted molar refractivity (Wildman–Crippen MR) is 51.1 cm³/mol. The van der Waals surface area contributed by atoms with E-state index in [0.29, 0.717) is 6.42 Å². The van der Waals surface area contributed by atoms with Gasteiger partial charge < -0.3 is 10.7 Å². The van der Waals surface area contributed by atoms with Crippen LogP contribution in [-0.2, 0) is 16.1 Å². The van der Waals surface area contributed by atoms with Crippen molar-refractivity contribution in [2.24, 2.45) is 22.1 Å². The number of hydrogen-bond acceptors (Lipinski definition) is 6. The lowest BCUT2D eigenvalue weighted by atomic mass is 10.1. The molecule has 0 spiro atoms. The van der Waals surface area contributed by atoms with E-state index in [1.54, 1.807) is 24.5 Å². The number of nitrogens with zero attached hydrogens (tertiary/aromatic N) is 3. The second-order valence-corrected chi connectivity index (χ2v) is 2.75. The Labute approximate surface area is 86.1 Å². The number of hydrogen-bond donors (Lipinski definition) is 2. The van der Waals surface area contributed by atoms with Crippen molar-refractivity contribution < 1.29 is 9.63 Å². The summed E-state index contributed by atoms with van der Waals surface area (Å²) in [4.78, 5) is 19.1. The summed E-state index contributed by atoms with van der Waals surface area (Å²) in [5.41, 5.74) is 0.820. The minimum absolute atomic E-state index is 0.296. The Balaban J connectivity index is 2.71. The van der Waals surface area contributed by atoms with Crippen molar-refractivity contribution in [1.29, 1.82) is 0 Å². The van der Waals surface area contributed by atoms with Crippen molar-refractivity contribution in [3.8, 4) is 0 Å². The van der Waals surface area contributed by atoms with Gasteiger partial charge in [-0.15, -0.1) is 0 Å². The maximum Gasteiger partial charge on any atom is 0.351 e. The molecule has 1 atom stereocenters. The maximum atomic E-state index is 11.1. The molecule has 0 bridgehead atoms. The Kier molecular flexibility index (Phi) is 4.17. The van der Waals surface area contributed by atoms with Gasteiger partial charge in [0.1, 0.15) is 0 Å². The largest absolute Gasteiger partial charge is 0.372 e. The first-order valence-electron chi connectivity index (χ1n) is 4.17. The molecule has 0 aliphatic rings. The summed E-state index contributed by atoms with van der Waals surface area (Å²) >= 11 is 0. The van der Waals surface area contributed by atoms with E-state index in [4.69, 9.17) is 11.7 Å². The zero-order chi connectivity index (χ0) is 11.1. The highest BCUT2D eigenvalue weighted by molar-refractivity contribution is 5.75. The lowest BCUT2D eigenvalue weighted by molar-refractivity contribution is -0.145. The van der Waals surface area contributed by atoms with Crippen LogP contribution in [0.15, 0.2) is 34.9 Å². The third-order valence-corrected chi connectivity index (χ3v) is 1.75. The molecular formula is C8H11N5O2. The lowest BCUT2D eigenvalue weighted by Crippen LogP contribution is -2.26. The summed E-state index contributed by atoms with van der Waals surface area (Å²) in [6.45, 7) is 0. The normalized spacial score (nSPS) is 12.6. The van der Waals surface area contributed by atoms with Gasteiger partial charge in [-0.3, -0.25) is 4.98 Å². The molecule has 1 rings (SSSR count). The Morgan fingerprint density at radius 3 is 3.00 bits per heavy atom. The Morgan fingerprint density at radius 1 is 1.67 bits per heavy atom. The van der Waals surface area contributed by atoms with E-state index in [1.165, 1.54) is 0 Å². The van der Waals surface area contributed by atoms with E-state index in [9.17, 15) is 4.79 Å². The minimum atomic E-state index is -0.829. The molecule has 0 saturated carbocycles. The van der Waals surface area contributed by atoms with Gasteiger partial charge in [-0.05, 0) is 11.6 Å². The minimum Gasteiger partial charge on any atom is -0.372 e. The van der Waals surface area contributed by atoms with Gasteiger partial charge in [0.25, 0.3) is 0 Å². The second-order valence-electron chi connectivity index (χ2n) is 2.75. The molecule has 1 heterocycles. The number of nitrogens with two attached hydrogens (primary N) is 2. The molecule has 7 heteroatoms. The number of carbonyl (C=O) groups excluding carboxylic acids is 1. The van der Waals surface area contributed by atoms with Crippen LogP contribution in [0.25, 0.3) is 0 Å². The third-order valence-electron chi connectivity index (χ3n) is 1.75. The van der Waals surface area contributed by atoms with Crippen molar-refractivity contribution in [3.63, 3.8) is 0 Å². The van der Waals surface area contributed by atoms with Gasteiger partial charge in [0.05, 0.1) is 0 Å². The molecule has 7 nitrogen and oxygen atoms in total. The van der Waals surface area contributed by atoms with E-state index in [-0.39, 0.29) is 0 Å². The smallest absolute Gasteiger partial charge is 0.351 e. The van der Waals surface area contributed by atoms with Gasteiger partial charge >= 0.3 is 5.97 Å². The number of pyridine rings is 1. The fraction of sp³-hybridized carbons (Fsp3) is 0.250. The van der Waals surface area contributed by atoms with Gasteiger partial charge in [-0.1, -0.05) is 11.3 Å². The van der Waals surface area contributed by atoms with Crippen LogP contribution in [-0.4, -0.2) is 17.0 Å². The summed E-state index contributed by atoms with van der Waals surface area (Å²) in [7, 11) is 0. The van der Waals surface area contributed by atoms with Crippen LogP contribution in [0.5, 0.6) is 0 Å². The summed E-state index contributed by atoms with van der Waals surface area (Å²) in [6.07, 6.45) is 3.54. The van der Waals surface area contributed by atoms with Crippen molar-refractivity contribution in [1.82, 2.24) is 4.98 Å². The molecule has 1 aromatic heterocycles. The first kappa shape index (κ1) is 11.1. The molecule has 0 aromatic carbocycles. The molecule has 0 fully saturated rings. The van der Waals surface area contributed by atoms with Gasteiger partial charge in [-0.25, -0.2) is 4.79 Å². The van der Waals surface area contributed by atoms with Crippen molar-refractivity contribution in [2.75, 3.05) is 0 Å². The highest BCUT2D eigenvalue weighted by Crippen LogP contribution is 2.05. The SMILES string of the molecule is NN=N[C@@H](Cc1cccnc1)C(=O)ON. The average molecular weight is 209 g/mol. The summed E-state index contributed by atoms with van der Waals surface area (Å²) in [5.74, 6) is 8.93. The fourth-order valence-electron chi connectivity index (χ4n) is 1.07. The molecule has 0 aliphatic heterocycles. The van der Waals surface area contributed by atoms with E-state index >= 15 is 0 Å². The van der Waals surface area contributed by atoms with E-state index in [0.717, 1.165) is 5.56 Å². The first-order chi connectivity index (χ1) is 7.27. The monoisotopic (exact) mass is 209 g/mol. The van der Waals surface area contributed by atoms with Crippen LogP contribution in [0.1, 0.15) is 5.56 Å². The van der Waals surface area contributed by atoms with Crippen LogP contribution < -0.4 is 11.7 Å². The molecular weight excluding hydrogens is 198 g/mol. The van der Waals surface area contributed by atoms with Crippen molar-refractivity contribution in [2.45, 2.75) is 12.5 Å². The number of rotatable bonds is 4. The summed E-state index contributed by atoms with van der Waals surface area (Å²) < 4.78 is 0. The van der Waals surface area contributed by atoms with E-state index in [2.05, 4.69) is 20.2 Å². The molecule has 0 amide bonds. The quantitative estimate of drug-likeness (QED) is 0.402. The molecule has 1 aromatic rings. The fourth-order valence-corrected chi connectivity index (χ4v) is 1.07. The third kappa shape index (κ3) is 3.31. The topological polar surface area (TPSA) is 116 Å². The standard InChI is InChI=1S/C8H11N5O2/c9-13-12-7(8(14)15-10)4-6-2-1-3-11-5-6/h1-3,5,7H,4,10H2,(H2,9,12)/t7-/m0/s1. The Morgan fingerprint density at radius 2 is 2.47 bits per heavy atom. The van der Waals surface area contributed by atoms with E-state index in [1.807, 2.05) is 0 Å². The zero-order valence-electron chi connectivity index (χ0n) is 7.91. The van der Waals surface area contributed by atoms with Crippen LogP contribution in [0, 0.1) is 0 Å². The molecule has 15 heavy (non-hydrogen) atoms. The molecule has 0 aliphatic carbocycles. The highest BCUT2D eigenvalue weighted by atomic mass is 16.7. The first-order valence-corrected chi connectivity index (χ1v) is 4.17. The summed E-state index contributed by atoms with van der Waals surface area (Å²) in [6, 6.07) is 2.72. The lowest BCUT2D eigenvalue weighted by Gasteiger charge is -2.06. The van der Waals surface area contributed by atoms with Gasteiger partial charge in [0, 0.05) is 18.8 Å². The Hall–Kier alpha value is -2.02. The van der Waals surface area contributed by atoms with Crippen LogP contribution >= 0.6 is 0 Å². The summed E-state index contributed by atoms with van der Waals surface area (Å²) in [5, 5.41) is 6.56. The molecule has 80 valence electrons. The molecule has 0 radical (unpaired) electrons. The van der Waals surface area contributed by atoms with Gasteiger partial charge in [-0.2, -0.15) is 11.0 Å².